The number of methoxy groups -OCH3 is 1. The second kappa shape index (κ2) is 10.7. The summed E-state index contributed by atoms with van der Waals surface area (Å²) in [7, 11) is 1.69. The molecule has 2 aromatic rings. The van der Waals surface area contributed by atoms with Crippen LogP contribution in [-0.2, 0) is 13.0 Å². The number of hydrogen-bond donors (Lipinski definition) is 1. The van der Waals surface area contributed by atoms with E-state index >= 15 is 0 Å². The molecule has 8 nitrogen and oxygen atoms in total. The first-order valence-electron chi connectivity index (χ1n) is 10.5. The molecule has 2 heterocycles. The molecule has 162 valence electrons. The highest BCUT2D eigenvalue weighted by molar-refractivity contribution is 5.80. The van der Waals surface area contributed by atoms with E-state index in [4.69, 9.17) is 9.73 Å². The standard InChI is InChI=1S/C22H33N7O/c1-5-21-26-25-17-29(21)11-10-23-22(24-16-18(2)3)28-14-12-27(13-15-28)19-6-8-20(30-4)9-7-19/h6-9,17H,2,5,10-16H2,1,3-4H3,(H,23,24). The molecule has 1 N–H and O–H groups in total. The summed E-state index contributed by atoms with van der Waals surface area (Å²) in [5.74, 6) is 2.83. The van der Waals surface area contributed by atoms with Gasteiger partial charge in [0.05, 0.1) is 13.7 Å². The predicted molar refractivity (Wildman–Crippen MR) is 121 cm³/mol. The first-order valence-corrected chi connectivity index (χ1v) is 10.5. The number of nitrogens with one attached hydrogen (secondary N) is 1. The van der Waals surface area contributed by atoms with E-state index in [1.54, 1.807) is 13.4 Å². The van der Waals surface area contributed by atoms with Crippen LogP contribution in [0.15, 0.2) is 47.7 Å². The van der Waals surface area contributed by atoms with E-state index in [0.717, 1.165) is 68.8 Å². The highest BCUT2D eigenvalue weighted by Gasteiger charge is 2.20. The number of guanidine groups is 1. The Bertz CT molecular complexity index is 835. The van der Waals surface area contributed by atoms with E-state index in [1.165, 1.54) is 5.69 Å². The Hall–Kier alpha value is -3.03. The number of rotatable bonds is 8. The zero-order chi connectivity index (χ0) is 21.3. The Balaban J connectivity index is 1.57. The number of hydrogen-bond acceptors (Lipinski definition) is 5. The second-order valence-corrected chi connectivity index (χ2v) is 7.49. The Morgan fingerprint density at radius 1 is 1.20 bits per heavy atom. The van der Waals surface area contributed by atoms with Crippen LogP contribution in [-0.4, -0.2) is 72.0 Å². The van der Waals surface area contributed by atoms with E-state index in [0.29, 0.717) is 6.54 Å². The molecule has 0 radical (unpaired) electrons. The van der Waals surface area contributed by atoms with Gasteiger partial charge in [-0.05, 0) is 31.2 Å². The fourth-order valence-electron chi connectivity index (χ4n) is 3.47. The minimum atomic E-state index is 0.633. The van der Waals surface area contributed by atoms with Crippen LogP contribution in [0.2, 0.25) is 0 Å². The van der Waals surface area contributed by atoms with Crippen LogP contribution in [0.1, 0.15) is 19.7 Å². The molecular weight excluding hydrogens is 378 g/mol. The third-order valence-corrected chi connectivity index (χ3v) is 5.16. The molecule has 8 heteroatoms. The van der Waals surface area contributed by atoms with Gasteiger partial charge in [-0.1, -0.05) is 19.1 Å². The molecule has 3 rings (SSSR count). The fourth-order valence-corrected chi connectivity index (χ4v) is 3.47. The number of aromatic nitrogens is 3. The summed E-state index contributed by atoms with van der Waals surface area (Å²) in [5.41, 5.74) is 2.28. The molecule has 1 aromatic heterocycles. The van der Waals surface area contributed by atoms with Crippen molar-refractivity contribution in [2.75, 3.05) is 51.3 Å². The van der Waals surface area contributed by atoms with Crippen molar-refractivity contribution in [1.82, 2.24) is 25.0 Å². The number of anilines is 1. The predicted octanol–water partition coefficient (Wildman–Crippen LogP) is 2.19. The molecule has 0 spiro atoms. The largest absolute Gasteiger partial charge is 0.497 e. The Morgan fingerprint density at radius 3 is 2.57 bits per heavy atom. The zero-order valence-electron chi connectivity index (χ0n) is 18.3. The number of benzene rings is 1. The molecular formula is C22H33N7O. The van der Waals surface area contributed by atoms with Gasteiger partial charge in [0.25, 0.3) is 0 Å². The van der Waals surface area contributed by atoms with Gasteiger partial charge in [-0.25, -0.2) is 4.99 Å². The van der Waals surface area contributed by atoms with Crippen LogP contribution in [0.4, 0.5) is 5.69 Å². The van der Waals surface area contributed by atoms with Crippen molar-refractivity contribution in [2.24, 2.45) is 4.99 Å². The first kappa shape index (κ1) is 21.7. The van der Waals surface area contributed by atoms with Gasteiger partial charge >= 0.3 is 0 Å². The number of ether oxygens (including phenoxy) is 1. The van der Waals surface area contributed by atoms with Gasteiger partial charge in [-0.15, -0.1) is 10.2 Å². The maximum absolute atomic E-state index is 5.26. The van der Waals surface area contributed by atoms with Crippen LogP contribution in [0.25, 0.3) is 0 Å². The van der Waals surface area contributed by atoms with Crippen molar-refractivity contribution in [3.05, 3.63) is 48.6 Å². The lowest BCUT2D eigenvalue weighted by Crippen LogP contribution is -2.53. The average Bonchev–Trinajstić information content (AvgIpc) is 3.23. The number of aliphatic imine (C=N–C) groups is 1. The Labute approximate surface area is 179 Å². The third kappa shape index (κ3) is 5.75. The van der Waals surface area contributed by atoms with Crippen LogP contribution < -0.4 is 15.0 Å². The van der Waals surface area contributed by atoms with Crippen molar-refractivity contribution in [2.45, 2.75) is 26.8 Å². The first-order chi connectivity index (χ1) is 14.6. The molecule has 1 saturated heterocycles. The normalized spacial score (nSPS) is 14.7. The van der Waals surface area contributed by atoms with Gasteiger partial charge in [0.2, 0.25) is 0 Å². The molecule has 1 aromatic carbocycles. The molecule has 0 unspecified atom stereocenters. The summed E-state index contributed by atoms with van der Waals surface area (Å²) >= 11 is 0. The monoisotopic (exact) mass is 411 g/mol. The van der Waals surface area contributed by atoms with Crippen LogP contribution >= 0.6 is 0 Å². The zero-order valence-corrected chi connectivity index (χ0v) is 18.3. The minimum Gasteiger partial charge on any atom is -0.497 e. The van der Waals surface area contributed by atoms with E-state index in [9.17, 15) is 0 Å². The Kier molecular flexibility index (Phi) is 7.70. The third-order valence-electron chi connectivity index (χ3n) is 5.16. The number of nitrogens with zero attached hydrogens (tertiary/aromatic N) is 6. The summed E-state index contributed by atoms with van der Waals surface area (Å²) in [6.07, 6.45) is 2.67. The molecule has 0 saturated carbocycles. The van der Waals surface area contributed by atoms with Gasteiger partial charge in [-0.2, -0.15) is 0 Å². The summed E-state index contributed by atoms with van der Waals surface area (Å²) < 4.78 is 7.35. The lowest BCUT2D eigenvalue weighted by atomic mass is 10.2. The SMILES string of the molecule is C=C(C)CN=C(NCCn1cnnc1CC)N1CCN(c2ccc(OC)cc2)CC1. The molecule has 1 aliphatic rings. The highest BCUT2D eigenvalue weighted by atomic mass is 16.5. The van der Waals surface area contributed by atoms with E-state index in [2.05, 4.69) is 55.5 Å². The number of aryl methyl sites for hydroxylation is 1. The van der Waals surface area contributed by atoms with Gasteiger partial charge in [0.15, 0.2) is 5.96 Å². The van der Waals surface area contributed by atoms with Gasteiger partial charge in [0.1, 0.15) is 17.9 Å². The lowest BCUT2D eigenvalue weighted by Gasteiger charge is -2.38. The minimum absolute atomic E-state index is 0.633. The lowest BCUT2D eigenvalue weighted by molar-refractivity contribution is 0.371. The molecule has 0 atom stereocenters. The Morgan fingerprint density at radius 2 is 1.93 bits per heavy atom. The maximum Gasteiger partial charge on any atom is 0.194 e. The molecule has 0 aliphatic carbocycles. The van der Waals surface area contributed by atoms with E-state index in [1.807, 2.05) is 19.1 Å². The van der Waals surface area contributed by atoms with Crippen LogP contribution in [0.5, 0.6) is 5.75 Å². The van der Waals surface area contributed by atoms with Crippen molar-refractivity contribution in [3.63, 3.8) is 0 Å². The van der Waals surface area contributed by atoms with E-state index < -0.39 is 0 Å². The molecule has 0 amide bonds. The van der Waals surface area contributed by atoms with Crippen molar-refractivity contribution in [1.29, 1.82) is 0 Å². The van der Waals surface area contributed by atoms with Crippen molar-refractivity contribution >= 4 is 11.6 Å². The molecule has 1 fully saturated rings. The average molecular weight is 412 g/mol. The van der Waals surface area contributed by atoms with Gasteiger partial charge in [0, 0.05) is 51.4 Å². The van der Waals surface area contributed by atoms with Crippen LogP contribution in [0, 0.1) is 0 Å². The van der Waals surface area contributed by atoms with Crippen molar-refractivity contribution < 1.29 is 4.74 Å². The number of piperazine rings is 1. The smallest absolute Gasteiger partial charge is 0.194 e. The molecule has 0 bridgehead atoms. The summed E-state index contributed by atoms with van der Waals surface area (Å²) in [6.45, 7) is 14.0. The van der Waals surface area contributed by atoms with Gasteiger partial charge < -0.3 is 24.4 Å². The van der Waals surface area contributed by atoms with Crippen LogP contribution in [0.3, 0.4) is 0 Å². The highest BCUT2D eigenvalue weighted by Crippen LogP contribution is 2.20. The maximum atomic E-state index is 5.26. The van der Waals surface area contributed by atoms with E-state index in [-0.39, 0.29) is 0 Å². The molecule has 1 aliphatic heterocycles. The summed E-state index contributed by atoms with van der Waals surface area (Å²) in [4.78, 5) is 9.51. The fraction of sp³-hybridized carbons (Fsp3) is 0.500. The summed E-state index contributed by atoms with van der Waals surface area (Å²) in [5, 5.41) is 11.7. The van der Waals surface area contributed by atoms with Gasteiger partial charge in [-0.3, -0.25) is 0 Å². The van der Waals surface area contributed by atoms with Crippen molar-refractivity contribution in [3.8, 4) is 5.75 Å². The second-order valence-electron chi connectivity index (χ2n) is 7.49. The molecule has 30 heavy (non-hydrogen) atoms. The quantitative estimate of drug-likeness (QED) is 0.408. The summed E-state index contributed by atoms with van der Waals surface area (Å²) in [6, 6.07) is 8.26. The topological polar surface area (TPSA) is 70.8 Å².